The molecule has 0 aliphatic heterocycles. The average Bonchev–Trinajstić information content (AvgIpc) is 2.90. The van der Waals surface area contributed by atoms with Gasteiger partial charge >= 0.3 is 0 Å². The number of nitrogens with zero attached hydrogens (tertiary/aromatic N) is 3. The van der Waals surface area contributed by atoms with E-state index < -0.39 is 0 Å². The Balaban J connectivity index is 2.00. The molecule has 3 aromatic rings. The molecule has 0 aliphatic rings. The summed E-state index contributed by atoms with van der Waals surface area (Å²) in [6.45, 7) is 2.01. The summed E-state index contributed by atoms with van der Waals surface area (Å²) in [5.41, 5.74) is 1.59. The van der Waals surface area contributed by atoms with Gasteiger partial charge in [0.2, 0.25) is 4.96 Å². The molecule has 0 radical (unpaired) electrons. The van der Waals surface area contributed by atoms with E-state index in [2.05, 4.69) is 10.1 Å². The predicted octanol–water partition coefficient (Wildman–Crippen LogP) is 2.88. The number of fused-ring (bicyclic) bond motifs is 1. The third-order valence-electron chi connectivity index (χ3n) is 2.86. The van der Waals surface area contributed by atoms with Gasteiger partial charge in [0.1, 0.15) is 5.01 Å². The number of hydrogen-bond acceptors (Lipinski definition) is 4. The Hall–Kier alpha value is -2.27. The predicted molar refractivity (Wildman–Crippen MR) is 81.9 cm³/mol. The van der Waals surface area contributed by atoms with E-state index in [-0.39, 0.29) is 5.56 Å². The van der Waals surface area contributed by atoms with E-state index in [1.54, 1.807) is 0 Å². The van der Waals surface area contributed by atoms with Crippen LogP contribution in [0.1, 0.15) is 23.2 Å². The first-order valence-corrected chi connectivity index (χ1v) is 7.21. The molecule has 0 amide bonds. The van der Waals surface area contributed by atoms with Gasteiger partial charge in [0.05, 0.1) is 5.69 Å². The molecule has 100 valence electrons. The maximum absolute atomic E-state index is 12.0. The highest BCUT2D eigenvalue weighted by Gasteiger charge is 2.06. The zero-order valence-electron chi connectivity index (χ0n) is 11.0. The normalized spacial score (nSPS) is 11.4. The van der Waals surface area contributed by atoms with Crippen LogP contribution in [0.3, 0.4) is 0 Å². The summed E-state index contributed by atoms with van der Waals surface area (Å²) < 4.78 is 1.36. The Morgan fingerprint density at radius 3 is 2.80 bits per heavy atom. The Bertz CT molecular complexity index is 818. The molecule has 4 nitrogen and oxygen atoms in total. The molecule has 20 heavy (non-hydrogen) atoms. The van der Waals surface area contributed by atoms with Crippen LogP contribution in [0.25, 0.3) is 17.1 Å². The average molecular weight is 283 g/mol. The summed E-state index contributed by atoms with van der Waals surface area (Å²) in [6, 6.07) is 11.4. The molecule has 5 heteroatoms. The van der Waals surface area contributed by atoms with Crippen molar-refractivity contribution < 1.29 is 0 Å². The van der Waals surface area contributed by atoms with Crippen molar-refractivity contribution in [1.82, 2.24) is 14.6 Å². The van der Waals surface area contributed by atoms with E-state index in [4.69, 9.17) is 0 Å². The number of hydrogen-bond donors (Lipinski definition) is 0. The van der Waals surface area contributed by atoms with E-state index in [0.29, 0.717) is 10.7 Å². The molecule has 0 spiro atoms. The number of benzene rings is 1. The molecule has 0 unspecified atom stereocenters. The molecule has 0 atom stereocenters. The van der Waals surface area contributed by atoms with E-state index in [9.17, 15) is 4.79 Å². The summed E-state index contributed by atoms with van der Waals surface area (Å²) >= 11 is 1.45. The van der Waals surface area contributed by atoms with Crippen LogP contribution >= 0.6 is 11.3 Å². The molecule has 0 N–H and O–H groups in total. The van der Waals surface area contributed by atoms with Crippen LogP contribution in [0.15, 0.2) is 41.2 Å². The Kier molecular flexibility index (Phi) is 3.43. The van der Waals surface area contributed by atoms with Crippen molar-refractivity contribution in [2.24, 2.45) is 0 Å². The minimum absolute atomic E-state index is 0.140. The van der Waals surface area contributed by atoms with Crippen molar-refractivity contribution in [1.29, 1.82) is 0 Å². The standard InChI is InChI=1S/C15H13N3OS/c1-2-13-17-18-14(19)10-12(16-15(18)20-13)9-8-11-6-4-3-5-7-11/h3-10H,2H2,1H3/b9-8+. The maximum Gasteiger partial charge on any atom is 0.275 e. The number of rotatable bonds is 3. The van der Waals surface area contributed by atoms with Crippen LogP contribution in [0, 0.1) is 0 Å². The largest absolute Gasteiger partial charge is 0.275 e. The lowest BCUT2D eigenvalue weighted by Crippen LogP contribution is -2.14. The third-order valence-corrected chi connectivity index (χ3v) is 3.91. The zero-order chi connectivity index (χ0) is 13.9. The second kappa shape index (κ2) is 5.38. The van der Waals surface area contributed by atoms with Gasteiger partial charge in [-0.05, 0) is 18.1 Å². The summed E-state index contributed by atoms with van der Waals surface area (Å²) in [7, 11) is 0. The van der Waals surface area contributed by atoms with Crippen LogP contribution < -0.4 is 5.56 Å². The van der Waals surface area contributed by atoms with Crippen molar-refractivity contribution in [2.75, 3.05) is 0 Å². The van der Waals surface area contributed by atoms with Crippen LogP contribution in [-0.4, -0.2) is 14.6 Å². The van der Waals surface area contributed by atoms with Gasteiger partial charge in [0.25, 0.3) is 5.56 Å². The Labute approximate surface area is 120 Å². The molecule has 0 bridgehead atoms. The third kappa shape index (κ3) is 2.53. The monoisotopic (exact) mass is 283 g/mol. The second-order valence-electron chi connectivity index (χ2n) is 4.31. The minimum Gasteiger partial charge on any atom is -0.267 e. The van der Waals surface area contributed by atoms with Gasteiger partial charge in [0.15, 0.2) is 0 Å². The van der Waals surface area contributed by atoms with E-state index >= 15 is 0 Å². The van der Waals surface area contributed by atoms with Crippen molar-refractivity contribution in [3.63, 3.8) is 0 Å². The molecule has 0 aliphatic carbocycles. The van der Waals surface area contributed by atoms with E-state index in [0.717, 1.165) is 17.0 Å². The van der Waals surface area contributed by atoms with Gasteiger partial charge in [-0.3, -0.25) is 4.79 Å². The SMILES string of the molecule is CCc1nn2c(=O)cc(/C=C/c3ccccc3)nc2s1. The topological polar surface area (TPSA) is 47.3 Å². The Morgan fingerprint density at radius 2 is 2.05 bits per heavy atom. The van der Waals surface area contributed by atoms with Gasteiger partial charge < -0.3 is 0 Å². The fourth-order valence-corrected chi connectivity index (χ4v) is 2.69. The van der Waals surface area contributed by atoms with Crippen molar-refractivity contribution in [3.05, 3.63) is 63.0 Å². The highest BCUT2D eigenvalue weighted by atomic mass is 32.1. The van der Waals surface area contributed by atoms with Crippen LogP contribution in [0.2, 0.25) is 0 Å². The van der Waals surface area contributed by atoms with E-state index in [1.165, 1.54) is 21.9 Å². The van der Waals surface area contributed by atoms with Crippen molar-refractivity contribution in [2.45, 2.75) is 13.3 Å². The molecule has 1 aromatic carbocycles. The minimum atomic E-state index is -0.140. The van der Waals surface area contributed by atoms with Gasteiger partial charge in [-0.25, -0.2) is 4.98 Å². The molecule has 0 saturated heterocycles. The summed E-state index contributed by atoms with van der Waals surface area (Å²) in [4.78, 5) is 17.1. The number of aryl methyl sites for hydroxylation is 1. The first kappa shape index (κ1) is 12.7. The Morgan fingerprint density at radius 1 is 1.25 bits per heavy atom. The quantitative estimate of drug-likeness (QED) is 0.742. The summed E-state index contributed by atoms with van der Waals surface area (Å²) in [6.07, 6.45) is 4.60. The smallest absolute Gasteiger partial charge is 0.267 e. The van der Waals surface area contributed by atoms with Crippen LogP contribution in [0.5, 0.6) is 0 Å². The summed E-state index contributed by atoms with van der Waals surface area (Å²) in [5, 5.41) is 5.14. The maximum atomic E-state index is 12.0. The van der Waals surface area contributed by atoms with E-state index in [1.807, 2.05) is 49.4 Å². The molecular formula is C15H13N3OS. The molecule has 0 saturated carbocycles. The first-order chi connectivity index (χ1) is 9.76. The van der Waals surface area contributed by atoms with Gasteiger partial charge in [-0.15, -0.1) is 0 Å². The van der Waals surface area contributed by atoms with Crippen molar-refractivity contribution >= 4 is 28.4 Å². The highest BCUT2D eigenvalue weighted by Crippen LogP contribution is 2.13. The van der Waals surface area contributed by atoms with Crippen LogP contribution in [0.4, 0.5) is 0 Å². The lowest BCUT2D eigenvalue weighted by Gasteiger charge is -1.94. The molecule has 3 rings (SSSR count). The fraction of sp³-hybridized carbons (Fsp3) is 0.133. The van der Waals surface area contributed by atoms with Gasteiger partial charge in [0, 0.05) is 6.07 Å². The van der Waals surface area contributed by atoms with Gasteiger partial charge in [-0.1, -0.05) is 54.7 Å². The highest BCUT2D eigenvalue weighted by molar-refractivity contribution is 7.16. The summed E-state index contributed by atoms with van der Waals surface area (Å²) in [5.74, 6) is 0. The van der Waals surface area contributed by atoms with Crippen molar-refractivity contribution in [3.8, 4) is 0 Å². The first-order valence-electron chi connectivity index (χ1n) is 6.39. The lowest BCUT2D eigenvalue weighted by atomic mass is 10.2. The van der Waals surface area contributed by atoms with Gasteiger partial charge in [-0.2, -0.15) is 9.61 Å². The fourth-order valence-electron chi connectivity index (χ4n) is 1.84. The molecule has 2 heterocycles. The molecule has 2 aromatic heterocycles. The second-order valence-corrected chi connectivity index (χ2v) is 5.35. The van der Waals surface area contributed by atoms with Crippen LogP contribution in [-0.2, 0) is 6.42 Å². The molecular weight excluding hydrogens is 270 g/mol. The molecule has 0 fully saturated rings. The lowest BCUT2D eigenvalue weighted by molar-refractivity contribution is 0.858. The number of aromatic nitrogens is 3. The zero-order valence-corrected chi connectivity index (χ0v) is 11.8.